The maximum Gasteiger partial charge on any atom is 0.211 e. The molecule has 78 valence electrons. The van der Waals surface area contributed by atoms with E-state index >= 15 is 0 Å². The Morgan fingerprint density at radius 1 is 1.43 bits per heavy atom. The van der Waals surface area contributed by atoms with Crippen molar-refractivity contribution in [1.29, 1.82) is 0 Å². The fourth-order valence-electron chi connectivity index (χ4n) is 0.942. The Kier molecular flexibility index (Phi) is 3.92. The zero-order chi connectivity index (χ0) is 10.6. The van der Waals surface area contributed by atoms with Crippen LogP contribution in [0.15, 0.2) is 24.3 Å². The van der Waals surface area contributed by atoms with Crippen molar-refractivity contribution in [3.63, 3.8) is 0 Å². The van der Waals surface area contributed by atoms with Gasteiger partial charge in [-0.25, -0.2) is 13.1 Å². The second kappa shape index (κ2) is 4.77. The summed E-state index contributed by atoms with van der Waals surface area (Å²) in [5.74, 6) is 0.0908. The Bertz CT molecular complexity index is 403. The maximum absolute atomic E-state index is 11.1. The summed E-state index contributed by atoms with van der Waals surface area (Å²) < 4.78 is 24.7. The van der Waals surface area contributed by atoms with Crippen LogP contribution in [0, 0.1) is 0 Å². The lowest BCUT2D eigenvalue weighted by Crippen LogP contribution is -2.24. The summed E-state index contributed by atoms with van der Waals surface area (Å²) in [4.78, 5) is 0. The minimum absolute atomic E-state index is 0.0908. The lowest BCUT2D eigenvalue weighted by atomic mass is 10.2. The summed E-state index contributed by atoms with van der Waals surface area (Å²) in [5.41, 5.74) is 0.856. The van der Waals surface area contributed by atoms with E-state index < -0.39 is 10.0 Å². The molecule has 0 heterocycles. The lowest BCUT2D eigenvalue weighted by Gasteiger charge is -2.04. The van der Waals surface area contributed by atoms with Crippen molar-refractivity contribution in [1.82, 2.24) is 4.72 Å². The van der Waals surface area contributed by atoms with E-state index in [1.165, 1.54) is 0 Å². The van der Waals surface area contributed by atoms with Gasteiger partial charge in [0, 0.05) is 11.6 Å². The molecule has 5 heteroatoms. The summed E-state index contributed by atoms with van der Waals surface area (Å²) >= 11 is 5.75. The standard InChI is InChI=1S/C9H12ClNO2S/c1-2-14(12,13)11-7-8-4-3-5-9(10)6-8/h3-6,11H,2,7H2,1H3. The van der Waals surface area contributed by atoms with E-state index in [2.05, 4.69) is 4.72 Å². The van der Waals surface area contributed by atoms with Crippen LogP contribution in [0.5, 0.6) is 0 Å². The number of sulfonamides is 1. The molecule has 0 atom stereocenters. The van der Waals surface area contributed by atoms with E-state index in [0.717, 1.165) is 5.56 Å². The Labute approximate surface area is 89.1 Å². The third kappa shape index (κ3) is 3.65. The van der Waals surface area contributed by atoms with Gasteiger partial charge in [0.2, 0.25) is 10.0 Å². The van der Waals surface area contributed by atoms with Crippen molar-refractivity contribution in [2.45, 2.75) is 13.5 Å². The molecule has 1 aromatic rings. The number of rotatable bonds is 4. The highest BCUT2D eigenvalue weighted by molar-refractivity contribution is 7.89. The van der Waals surface area contributed by atoms with Crippen molar-refractivity contribution >= 4 is 21.6 Å². The molecule has 0 saturated carbocycles. The van der Waals surface area contributed by atoms with Crippen LogP contribution in [0.3, 0.4) is 0 Å². The molecule has 0 unspecified atom stereocenters. The van der Waals surface area contributed by atoms with Crippen LogP contribution in [0.25, 0.3) is 0 Å². The number of hydrogen-bond donors (Lipinski definition) is 1. The van der Waals surface area contributed by atoms with Crippen LogP contribution in [0.4, 0.5) is 0 Å². The highest BCUT2D eigenvalue weighted by Gasteiger charge is 2.05. The first-order chi connectivity index (χ1) is 6.53. The third-order valence-corrected chi connectivity index (χ3v) is 3.34. The van der Waals surface area contributed by atoms with Crippen LogP contribution >= 0.6 is 11.6 Å². The van der Waals surface area contributed by atoms with Crippen molar-refractivity contribution in [3.8, 4) is 0 Å². The first-order valence-corrected chi connectivity index (χ1v) is 6.28. The van der Waals surface area contributed by atoms with Crippen LogP contribution in [-0.4, -0.2) is 14.2 Å². The minimum atomic E-state index is -3.12. The molecule has 1 aromatic carbocycles. The highest BCUT2D eigenvalue weighted by atomic mass is 35.5. The summed E-state index contributed by atoms with van der Waals surface area (Å²) in [7, 11) is -3.12. The first-order valence-electron chi connectivity index (χ1n) is 4.25. The van der Waals surface area contributed by atoms with Gasteiger partial charge < -0.3 is 0 Å². The Morgan fingerprint density at radius 2 is 2.14 bits per heavy atom. The van der Waals surface area contributed by atoms with Gasteiger partial charge in [-0.05, 0) is 24.6 Å². The number of benzene rings is 1. The molecule has 0 amide bonds. The van der Waals surface area contributed by atoms with Crippen LogP contribution in [0.2, 0.25) is 5.02 Å². The third-order valence-electron chi connectivity index (χ3n) is 1.77. The summed E-state index contributed by atoms with van der Waals surface area (Å²) in [5, 5.41) is 0.609. The fraction of sp³-hybridized carbons (Fsp3) is 0.333. The first kappa shape index (κ1) is 11.5. The average Bonchev–Trinajstić information content (AvgIpc) is 2.15. The van der Waals surface area contributed by atoms with Crippen molar-refractivity contribution in [2.24, 2.45) is 0 Å². The van der Waals surface area contributed by atoms with E-state index in [9.17, 15) is 8.42 Å². The summed E-state index contributed by atoms with van der Waals surface area (Å²) in [6, 6.07) is 7.10. The quantitative estimate of drug-likeness (QED) is 0.862. The molecule has 0 spiro atoms. The second-order valence-corrected chi connectivity index (χ2v) is 5.39. The van der Waals surface area contributed by atoms with Crippen LogP contribution in [0.1, 0.15) is 12.5 Å². The molecule has 3 nitrogen and oxygen atoms in total. The van der Waals surface area contributed by atoms with E-state index in [1.807, 2.05) is 6.07 Å². The van der Waals surface area contributed by atoms with Crippen molar-refractivity contribution < 1.29 is 8.42 Å². The Hall–Kier alpha value is -0.580. The molecule has 0 radical (unpaired) electrons. The van der Waals surface area contributed by atoms with Gasteiger partial charge in [-0.1, -0.05) is 23.7 Å². The Balaban J connectivity index is 2.63. The molecular formula is C9H12ClNO2S. The number of halogens is 1. The molecule has 14 heavy (non-hydrogen) atoms. The topological polar surface area (TPSA) is 46.2 Å². The van der Waals surface area contributed by atoms with Gasteiger partial charge in [-0.2, -0.15) is 0 Å². The monoisotopic (exact) mass is 233 g/mol. The zero-order valence-corrected chi connectivity index (χ0v) is 9.40. The summed E-state index contributed by atoms with van der Waals surface area (Å²) in [6.07, 6.45) is 0. The number of hydrogen-bond acceptors (Lipinski definition) is 2. The largest absolute Gasteiger partial charge is 0.212 e. The van der Waals surface area contributed by atoms with Gasteiger partial charge in [0.05, 0.1) is 5.75 Å². The molecule has 0 saturated heterocycles. The van der Waals surface area contributed by atoms with Gasteiger partial charge in [0.25, 0.3) is 0 Å². The molecule has 0 aromatic heterocycles. The predicted molar refractivity (Wildman–Crippen MR) is 57.8 cm³/mol. The average molecular weight is 234 g/mol. The predicted octanol–water partition coefficient (Wildman–Crippen LogP) is 1.78. The van der Waals surface area contributed by atoms with Gasteiger partial charge in [-0.3, -0.25) is 0 Å². The molecule has 1 N–H and O–H groups in total. The van der Waals surface area contributed by atoms with Gasteiger partial charge in [0.15, 0.2) is 0 Å². The van der Waals surface area contributed by atoms with Gasteiger partial charge >= 0.3 is 0 Å². The highest BCUT2D eigenvalue weighted by Crippen LogP contribution is 2.10. The van der Waals surface area contributed by atoms with E-state index in [-0.39, 0.29) is 12.3 Å². The molecule has 0 aliphatic rings. The van der Waals surface area contributed by atoms with Crippen molar-refractivity contribution in [3.05, 3.63) is 34.9 Å². The molecule has 1 rings (SSSR count). The zero-order valence-electron chi connectivity index (χ0n) is 7.83. The van der Waals surface area contributed by atoms with E-state index in [4.69, 9.17) is 11.6 Å². The second-order valence-electron chi connectivity index (χ2n) is 2.85. The van der Waals surface area contributed by atoms with Crippen LogP contribution in [-0.2, 0) is 16.6 Å². The Morgan fingerprint density at radius 3 is 2.71 bits per heavy atom. The molecule has 0 aliphatic heterocycles. The maximum atomic E-state index is 11.1. The van der Waals surface area contributed by atoms with Gasteiger partial charge in [0.1, 0.15) is 0 Å². The smallest absolute Gasteiger partial charge is 0.211 e. The van der Waals surface area contributed by atoms with E-state index in [1.54, 1.807) is 25.1 Å². The number of nitrogens with one attached hydrogen (secondary N) is 1. The van der Waals surface area contributed by atoms with Crippen LogP contribution < -0.4 is 4.72 Å². The minimum Gasteiger partial charge on any atom is -0.212 e. The van der Waals surface area contributed by atoms with Gasteiger partial charge in [-0.15, -0.1) is 0 Å². The normalized spacial score (nSPS) is 11.6. The molecule has 0 aliphatic carbocycles. The van der Waals surface area contributed by atoms with Crippen molar-refractivity contribution in [2.75, 3.05) is 5.75 Å². The lowest BCUT2D eigenvalue weighted by molar-refractivity contribution is 0.582. The SMILES string of the molecule is CCS(=O)(=O)NCc1cccc(Cl)c1. The molecule has 0 bridgehead atoms. The molecular weight excluding hydrogens is 222 g/mol. The molecule has 0 fully saturated rings. The fourth-order valence-corrected chi connectivity index (χ4v) is 1.75. The summed E-state index contributed by atoms with van der Waals surface area (Å²) in [6.45, 7) is 1.89. The van der Waals surface area contributed by atoms with E-state index in [0.29, 0.717) is 5.02 Å².